The second kappa shape index (κ2) is 10.8. The monoisotopic (exact) mass is 589 g/mol. The molecule has 5 heteroatoms. The lowest BCUT2D eigenvalue weighted by Gasteiger charge is -2.52. The van der Waals surface area contributed by atoms with E-state index in [0.29, 0.717) is 12.0 Å². The van der Waals surface area contributed by atoms with Gasteiger partial charge < -0.3 is 0 Å². The highest BCUT2D eigenvalue weighted by molar-refractivity contribution is 6.00. The zero-order valence-electron chi connectivity index (χ0n) is 25.0. The Bertz CT molecular complexity index is 1670. The number of halogens is 3. The minimum atomic E-state index is -5.02. The fourth-order valence-electron chi connectivity index (χ4n) is 7.41. The Hall–Kier alpha value is -4.64. The SMILES string of the molecule is CC1(C)C[C@](C)(c2ccccc2)c2cc(C(c3ccccc3)(c3ccccc3)c3ccccc3)ccc2N1C(=O)C(F)(F)F. The first-order valence-corrected chi connectivity index (χ1v) is 14.8. The Labute approximate surface area is 256 Å². The number of carbonyl (C=O) groups excluding carboxylic acids is 1. The molecule has 0 unspecified atom stereocenters. The van der Waals surface area contributed by atoms with Crippen LogP contribution in [0.5, 0.6) is 0 Å². The van der Waals surface area contributed by atoms with Crippen molar-refractivity contribution in [2.24, 2.45) is 0 Å². The topological polar surface area (TPSA) is 20.3 Å². The summed E-state index contributed by atoms with van der Waals surface area (Å²) < 4.78 is 42.4. The summed E-state index contributed by atoms with van der Waals surface area (Å²) in [5.41, 5.74) is 3.34. The minimum Gasteiger partial charge on any atom is -0.299 e. The van der Waals surface area contributed by atoms with Gasteiger partial charge in [-0.25, -0.2) is 0 Å². The van der Waals surface area contributed by atoms with E-state index in [1.165, 1.54) is 0 Å². The molecule has 0 fully saturated rings. The molecule has 1 aliphatic rings. The maximum absolute atomic E-state index is 14.1. The second-order valence-corrected chi connectivity index (χ2v) is 12.4. The maximum atomic E-state index is 14.1. The summed E-state index contributed by atoms with van der Waals surface area (Å²) in [6, 6.07) is 46.1. The van der Waals surface area contributed by atoms with Gasteiger partial charge in [-0.3, -0.25) is 9.69 Å². The van der Waals surface area contributed by atoms with E-state index in [9.17, 15) is 18.0 Å². The summed E-state index contributed by atoms with van der Waals surface area (Å²) in [6.07, 6.45) is -4.72. The number of nitrogens with zero attached hydrogens (tertiary/aromatic N) is 1. The number of amides is 1. The molecular weight excluding hydrogens is 555 g/mol. The van der Waals surface area contributed by atoms with E-state index >= 15 is 0 Å². The van der Waals surface area contributed by atoms with Gasteiger partial charge in [-0.1, -0.05) is 140 Å². The highest BCUT2D eigenvalue weighted by atomic mass is 19.4. The third-order valence-corrected chi connectivity index (χ3v) is 9.13. The third kappa shape index (κ3) is 4.71. The van der Waals surface area contributed by atoms with Crippen LogP contribution in [0, 0.1) is 0 Å². The number of carbonyl (C=O) groups is 1. The standard InChI is InChI=1S/C39H34F3NO/c1-36(2)27-37(3,28-16-8-4-9-17-28)33-26-32(24-25-34(33)43(36)35(44)39(40,41)42)38(29-18-10-5-11-19-29,30-20-12-6-13-21-30)31-22-14-7-15-23-31/h4-26H,27H2,1-3H3/t37-/m1/s1. The number of hydrogen-bond acceptors (Lipinski definition) is 1. The molecule has 0 bridgehead atoms. The van der Waals surface area contributed by atoms with Crippen LogP contribution in [0.4, 0.5) is 18.9 Å². The van der Waals surface area contributed by atoms with E-state index in [1.807, 2.05) is 97.1 Å². The molecule has 44 heavy (non-hydrogen) atoms. The fraction of sp³-hybridized carbons (Fsp3) is 0.205. The molecule has 0 aromatic heterocycles. The van der Waals surface area contributed by atoms with Gasteiger partial charge in [-0.15, -0.1) is 0 Å². The molecule has 5 aromatic rings. The zero-order valence-corrected chi connectivity index (χ0v) is 25.0. The molecule has 1 heterocycles. The quantitative estimate of drug-likeness (QED) is 0.187. The molecule has 0 N–H and O–H groups in total. The summed E-state index contributed by atoms with van der Waals surface area (Å²) in [4.78, 5) is 14.1. The van der Waals surface area contributed by atoms with Gasteiger partial charge in [-0.05, 0) is 59.7 Å². The van der Waals surface area contributed by atoms with Gasteiger partial charge in [0, 0.05) is 16.6 Å². The van der Waals surface area contributed by atoms with Crippen molar-refractivity contribution in [3.05, 3.63) is 173 Å². The molecule has 1 atom stereocenters. The Morgan fingerprint density at radius 3 is 1.48 bits per heavy atom. The van der Waals surface area contributed by atoms with Crippen molar-refractivity contribution in [3.63, 3.8) is 0 Å². The average molecular weight is 590 g/mol. The van der Waals surface area contributed by atoms with Crippen LogP contribution >= 0.6 is 0 Å². The molecule has 2 nitrogen and oxygen atoms in total. The van der Waals surface area contributed by atoms with Crippen molar-refractivity contribution in [1.29, 1.82) is 0 Å². The molecule has 0 aliphatic carbocycles. The highest BCUT2D eigenvalue weighted by Crippen LogP contribution is 2.54. The fourth-order valence-corrected chi connectivity index (χ4v) is 7.41. The lowest BCUT2D eigenvalue weighted by Crippen LogP contribution is -2.59. The molecule has 5 aromatic carbocycles. The van der Waals surface area contributed by atoms with Gasteiger partial charge >= 0.3 is 12.1 Å². The van der Waals surface area contributed by atoms with E-state index in [-0.39, 0.29) is 5.69 Å². The summed E-state index contributed by atoms with van der Waals surface area (Å²) >= 11 is 0. The largest absolute Gasteiger partial charge is 0.471 e. The maximum Gasteiger partial charge on any atom is 0.471 e. The van der Waals surface area contributed by atoms with Crippen molar-refractivity contribution in [2.75, 3.05) is 4.90 Å². The first-order chi connectivity index (χ1) is 21.0. The second-order valence-electron chi connectivity index (χ2n) is 12.4. The van der Waals surface area contributed by atoms with Crippen molar-refractivity contribution in [1.82, 2.24) is 0 Å². The van der Waals surface area contributed by atoms with Crippen LogP contribution in [0.3, 0.4) is 0 Å². The Morgan fingerprint density at radius 1 is 0.614 bits per heavy atom. The summed E-state index contributed by atoms with van der Waals surface area (Å²) in [6.45, 7) is 5.52. The van der Waals surface area contributed by atoms with E-state index in [0.717, 1.165) is 32.7 Å². The van der Waals surface area contributed by atoms with Crippen LogP contribution in [0.15, 0.2) is 140 Å². The van der Waals surface area contributed by atoms with Crippen LogP contribution in [0.1, 0.15) is 60.6 Å². The van der Waals surface area contributed by atoms with Crippen molar-refractivity contribution >= 4 is 11.6 Å². The molecule has 0 saturated heterocycles. The molecule has 222 valence electrons. The van der Waals surface area contributed by atoms with E-state index in [2.05, 4.69) is 43.3 Å². The summed E-state index contributed by atoms with van der Waals surface area (Å²) in [7, 11) is 0. The van der Waals surface area contributed by atoms with Gasteiger partial charge in [0.2, 0.25) is 0 Å². The minimum absolute atomic E-state index is 0.279. The van der Waals surface area contributed by atoms with Crippen LogP contribution in [-0.4, -0.2) is 17.6 Å². The summed E-state index contributed by atoms with van der Waals surface area (Å²) in [5.74, 6) is -1.85. The number of rotatable bonds is 5. The Balaban J connectivity index is 1.73. The molecule has 0 spiro atoms. The van der Waals surface area contributed by atoms with E-state index < -0.39 is 28.5 Å². The van der Waals surface area contributed by atoms with Crippen LogP contribution in [-0.2, 0) is 15.6 Å². The van der Waals surface area contributed by atoms with Gasteiger partial charge in [0.1, 0.15) is 0 Å². The van der Waals surface area contributed by atoms with Gasteiger partial charge in [0.15, 0.2) is 0 Å². The molecule has 0 saturated carbocycles. The van der Waals surface area contributed by atoms with Crippen molar-refractivity contribution in [3.8, 4) is 0 Å². The van der Waals surface area contributed by atoms with Crippen molar-refractivity contribution < 1.29 is 18.0 Å². The van der Waals surface area contributed by atoms with Gasteiger partial charge in [-0.2, -0.15) is 13.2 Å². The molecule has 0 radical (unpaired) electrons. The Kier molecular flexibility index (Phi) is 7.23. The number of fused-ring (bicyclic) bond motifs is 1. The predicted molar refractivity (Wildman–Crippen MR) is 170 cm³/mol. The molecular formula is C39H34F3NO. The van der Waals surface area contributed by atoms with E-state index in [1.54, 1.807) is 19.9 Å². The molecule has 6 rings (SSSR count). The molecule has 1 aliphatic heterocycles. The lowest BCUT2D eigenvalue weighted by molar-refractivity contribution is -0.172. The first-order valence-electron chi connectivity index (χ1n) is 14.8. The van der Waals surface area contributed by atoms with Crippen LogP contribution < -0.4 is 4.90 Å². The number of benzene rings is 5. The predicted octanol–water partition coefficient (Wildman–Crippen LogP) is 9.45. The number of alkyl halides is 3. The van der Waals surface area contributed by atoms with Crippen molar-refractivity contribution in [2.45, 2.75) is 49.7 Å². The normalized spacial score (nSPS) is 18.0. The average Bonchev–Trinajstić information content (AvgIpc) is 3.03. The Morgan fingerprint density at radius 2 is 1.05 bits per heavy atom. The smallest absolute Gasteiger partial charge is 0.299 e. The third-order valence-electron chi connectivity index (χ3n) is 9.13. The lowest BCUT2D eigenvalue weighted by atomic mass is 9.61. The summed E-state index contributed by atoms with van der Waals surface area (Å²) in [5, 5.41) is 0. The van der Waals surface area contributed by atoms with Gasteiger partial charge in [0.25, 0.3) is 0 Å². The van der Waals surface area contributed by atoms with Crippen LogP contribution in [0.25, 0.3) is 0 Å². The zero-order chi connectivity index (χ0) is 31.2. The molecule has 1 amide bonds. The highest BCUT2D eigenvalue weighted by Gasteiger charge is 2.54. The van der Waals surface area contributed by atoms with Crippen LogP contribution in [0.2, 0.25) is 0 Å². The number of anilines is 1. The number of hydrogen-bond donors (Lipinski definition) is 0. The van der Waals surface area contributed by atoms with E-state index in [4.69, 9.17) is 0 Å². The first kappa shape index (κ1) is 29.4. The van der Waals surface area contributed by atoms with Gasteiger partial charge in [0.05, 0.1) is 5.41 Å².